The second-order valence-corrected chi connectivity index (χ2v) is 6.63. The second-order valence-electron chi connectivity index (χ2n) is 6.19. The Morgan fingerprint density at radius 2 is 1.96 bits per heavy atom. The standard InChI is InChI=1S/C18H17ClN4O3/c19-14-3-1-12(2-4-14)7-8-21-16(24)11-23-17(25)13(9-20)10-22(18(23)26)15-5-6-15/h1-4,10,15H,5-8,11H2,(H,21,24). The van der Waals surface area contributed by atoms with Crippen molar-refractivity contribution in [2.24, 2.45) is 0 Å². The first-order valence-corrected chi connectivity index (χ1v) is 8.64. The summed E-state index contributed by atoms with van der Waals surface area (Å²) >= 11 is 5.82. The third-order valence-corrected chi connectivity index (χ3v) is 4.46. The number of amides is 1. The zero-order valence-corrected chi connectivity index (χ0v) is 14.7. The third kappa shape index (κ3) is 4.03. The van der Waals surface area contributed by atoms with Crippen LogP contribution >= 0.6 is 11.6 Å². The highest BCUT2D eigenvalue weighted by molar-refractivity contribution is 6.30. The molecule has 8 heteroatoms. The Hall–Kier alpha value is -2.85. The van der Waals surface area contributed by atoms with Crippen molar-refractivity contribution < 1.29 is 4.79 Å². The Bertz CT molecular complexity index is 981. The fourth-order valence-corrected chi connectivity index (χ4v) is 2.77. The number of hydrogen-bond acceptors (Lipinski definition) is 4. The van der Waals surface area contributed by atoms with E-state index in [1.54, 1.807) is 18.2 Å². The van der Waals surface area contributed by atoms with E-state index in [9.17, 15) is 14.4 Å². The van der Waals surface area contributed by atoms with Gasteiger partial charge in [-0.25, -0.2) is 9.36 Å². The molecule has 1 fully saturated rings. The predicted octanol–water partition coefficient (Wildman–Crippen LogP) is 1.23. The molecule has 0 unspecified atom stereocenters. The van der Waals surface area contributed by atoms with E-state index in [4.69, 9.17) is 16.9 Å². The van der Waals surface area contributed by atoms with Crippen LogP contribution < -0.4 is 16.6 Å². The van der Waals surface area contributed by atoms with Gasteiger partial charge in [0.2, 0.25) is 5.91 Å². The molecule has 2 aromatic rings. The molecule has 1 heterocycles. The maximum absolute atomic E-state index is 12.4. The maximum atomic E-state index is 12.4. The average molecular weight is 373 g/mol. The van der Waals surface area contributed by atoms with Crippen LogP contribution in [-0.2, 0) is 17.8 Å². The van der Waals surface area contributed by atoms with Gasteiger partial charge in [-0.2, -0.15) is 5.26 Å². The highest BCUT2D eigenvalue weighted by Gasteiger charge is 2.27. The SMILES string of the molecule is N#Cc1cn(C2CC2)c(=O)n(CC(=O)NCCc2ccc(Cl)cc2)c1=O. The average Bonchev–Trinajstić information content (AvgIpc) is 3.45. The largest absolute Gasteiger partial charge is 0.354 e. The summed E-state index contributed by atoms with van der Waals surface area (Å²) in [4.78, 5) is 36.8. The van der Waals surface area contributed by atoms with Crippen molar-refractivity contribution in [3.63, 3.8) is 0 Å². The van der Waals surface area contributed by atoms with Gasteiger partial charge in [-0.05, 0) is 37.0 Å². The van der Waals surface area contributed by atoms with Crippen LogP contribution in [0.1, 0.15) is 30.0 Å². The molecular weight excluding hydrogens is 356 g/mol. The first-order valence-electron chi connectivity index (χ1n) is 8.27. The summed E-state index contributed by atoms with van der Waals surface area (Å²) < 4.78 is 2.20. The molecule has 1 aliphatic carbocycles. The fourth-order valence-electron chi connectivity index (χ4n) is 2.65. The van der Waals surface area contributed by atoms with Crippen LogP contribution in [0.5, 0.6) is 0 Å². The van der Waals surface area contributed by atoms with Crippen molar-refractivity contribution in [3.8, 4) is 6.07 Å². The molecule has 1 amide bonds. The Labute approximate surface area is 154 Å². The van der Waals surface area contributed by atoms with Crippen LogP contribution in [0.4, 0.5) is 0 Å². The molecule has 7 nitrogen and oxygen atoms in total. The number of carbonyl (C=O) groups excluding carboxylic acids is 1. The molecule has 0 radical (unpaired) electrons. The molecule has 0 atom stereocenters. The molecule has 1 aromatic heterocycles. The molecule has 1 saturated carbocycles. The van der Waals surface area contributed by atoms with Crippen LogP contribution in [0.3, 0.4) is 0 Å². The van der Waals surface area contributed by atoms with Gasteiger partial charge in [-0.3, -0.25) is 14.2 Å². The molecule has 134 valence electrons. The number of rotatable bonds is 6. The minimum Gasteiger partial charge on any atom is -0.354 e. The van der Waals surface area contributed by atoms with Crippen LogP contribution in [-0.4, -0.2) is 21.6 Å². The van der Waals surface area contributed by atoms with Crippen molar-refractivity contribution in [2.75, 3.05) is 6.54 Å². The molecule has 0 bridgehead atoms. The minimum absolute atomic E-state index is 0.00872. The summed E-state index contributed by atoms with van der Waals surface area (Å²) in [6, 6.07) is 9.07. The Morgan fingerprint density at radius 1 is 1.27 bits per heavy atom. The lowest BCUT2D eigenvalue weighted by Crippen LogP contribution is -2.44. The van der Waals surface area contributed by atoms with Crippen LogP contribution in [0.15, 0.2) is 40.1 Å². The van der Waals surface area contributed by atoms with Gasteiger partial charge >= 0.3 is 5.69 Å². The van der Waals surface area contributed by atoms with E-state index >= 15 is 0 Å². The molecule has 0 aliphatic heterocycles. The molecule has 26 heavy (non-hydrogen) atoms. The fraction of sp³-hybridized carbons (Fsp3) is 0.333. The lowest BCUT2D eigenvalue weighted by atomic mass is 10.1. The smallest absolute Gasteiger partial charge is 0.331 e. The van der Waals surface area contributed by atoms with Crippen molar-refractivity contribution in [1.29, 1.82) is 5.26 Å². The number of nitrogens with zero attached hydrogens (tertiary/aromatic N) is 3. The number of aromatic nitrogens is 2. The highest BCUT2D eigenvalue weighted by Crippen LogP contribution is 2.33. The van der Waals surface area contributed by atoms with Gasteiger partial charge < -0.3 is 5.32 Å². The lowest BCUT2D eigenvalue weighted by Gasteiger charge is -2.10. The molecule has 3 rings (SSSR count). The number of benzene rings is 1. The maximum Gasteiger partial charge on any atom is 0.331 e. The summed E-state index contributed by atoms with van der Waals surface area (Å²) in [6.45, 7) is -0.0372. The first kappa shape index (κ1) is 18.0. The van der Waals surface area contributed by atoms with Crippen LogP contribution in [0.25, 0.3) is 0 Å². The van der Waals surface area contributed by atoms with Gasteiger partial charge in [0, 0.05) is 23.8 Å². The number of nitrogens with one attached hydrogen (secondary N) is 1. The normalized spacial score (nSPS) is 13.2. The van der Waals surface area contributed by atoms with E-state index in [2.05, 4.69) is 5.32 Å². The molecular formula is C18H17ClN4O3. The van der Waals surface area contributed by atoms with Gasteiger partial charge in [0.05, 0.1) is 0 Å². The van der Waals surface area contributed by atoms with E-state index in [1.165, 1.54) is 10.8 Å². The highest BCUT2D eigenvalue weighted by atomic mass is 35.5. The van der Waals surface area contributed by atoms with Gasteiger partial charge in [0.1, 0.15) is 18.2 Å². The first-order chi connectivity index (χ1) is 12.5. The second kappa shape index (κ2) is 7.58. The van der Waals surface area contributed by atoms with Crippen molar-refractivity contribution in [1.82, 2.24) is 14.5 Å². The minimum atomic E-state index is -0.734. The molecule has 1 aliphatic rings. The summed E-state index contributed by atoms with van der Waals surface area (Å²) in [5, 5.41) is 12.4. The summed E-state index contributed by atoms with van der Waals surface area (Å²) in [6.07, 6.45) is 3.55. The monoisotopic (exact) mass is 372 g/mol. The van der Waals surface area contributed by atoms with Gasteiger partial charge in [0.15, 0.2) is 0 Å². The van der Waals surface area contributed by atoms with Crippen molar-refractivity contribution >= 4 is 17.5 Å². The van der Waals surface area contributed by atoms with E-state index in [0.29, 0.717) is 18.0 Å². The number of carbonyl (C=O) groups is 1. The van der Waals surface area contributed by atoms with Gasteiger partial charge in [-0.15, -0.1) is 0 Å². The zero-order chi connectivity index (χ0) is 18.7. The summed E-state index contributed by atoms with van der Waals surface area (Å²) in [7, 11) is 0. The van der Waals surface area contributed by atoms with E-state index in [-0.39, 0.29) is 11.6 Å². The molecule has 0 spiro atoms. The number of hydrogen-bond donors (Lipinski definition) is 1. The number of nitriles is 1. The third-order valence-electron chi connectivity index (χ3n) is 4.21. The quantitative estimate of drug-likeness (QED) is 0.824. The van der Waals surface area contributed by atoms with E-state index < -0.39 is 23.7 Å². The molecule has 1 N–H and O–H groups in total. The predicted molar refractivity (Wildman–Crippen MR) is 96.1 cm³/mol. The van der Waals surface area contributed by atoms with E-state index in [0.717, 1.165) is 23.0 Å². The zero-order valence-electron chi connectivity index (χ0n) is 13.9. The number of halogens is 1. The van der Waals surface area contributed by atoms with Gasteiger partial charge in [0.25, 0.3) is 5.56 Å². The van der Waals surface area contributed by atoms with Crippen molar-refractivity contribution in [2.45, 2.75) is 31.8 Å². The topological polar surface area (TPSA) is 96.9 Å². The van der Waals surface area contributed by atoms with Crippen molar-refractivity contribution in [3.05, 3.63) is 67.4 Å². The lowest BCUT2D eigenvalue weighted by molar-refractivity contribution is -0.121. The van der Waals surface area contributed by atoms with E-state index in [1.807, 2.05) is 12.1 Å². The van der Waals surface area contributed by atoms with Crippen LogP contribution in [0, 0.1) is 11.3 Å². The van der Waals surface area contributed by atoms with Gasteiger partial charge in [-0.1, -0.05) is 23.7 Å². The molecule has 0 saturated heterocycles. The Balaban J connectivity index is 1.68. The Morgan fingerprint density at radius 3 is 2.58 bits per heavy atom. The summed E-state index contributed by atoms with van der Waals surface area (Å²) in [5.41, 5.74) is -0.411. The summed E-state index contributed by atoms with van der Waals surface area (Å²) in [5.74, 6) is -0.449. The molecule has 1 aromatic carbocycles. The Kier molecular flexibility index (Phi) is 5.24. The van der Waals surface area contributed by atoms with Crippen LogP contribution in [0.2, 0.25) is 5.02 Å².